The van der Waals surface area contributed by atoms with Gasteiger partial charge in [-0.05, 0) is 49.3 Å². The Morgan fingerprint density at radius 3 is 2.50 bits per heavy atom. The highest BCUT2D eigenvalue weighted by Gasteiger charge is 2.37. The standard InChI is InChI=1S/C17H27N/c1-4-13-18-16(17(3)11-7-8-12-17)15-10-6-5-9-14(15)2/h5-6,9-10,16,18H,4,7-8,11-13H2,1-3H3. The molecule has 1 atom stereocenters. The van der Waals surface area contributed by atoms with Gasteiger partial charge in [0.2, 0.25) is 0 Å². The minimum Gasteiger partial charge on any atom is -0.309 e. The third-order valence-electron chi connectivity index (χ3n) is 4.54. The molecule has 0 heterocycles. The zero-order valence-electron chi connectivity index (χ0n) is 12.1. The van der Waals surface area contributed by atoms with Gasteiger partial charge in [-0.3, -0.25) is 0 Å². The third-order valence-corrected chi connectivity index (χ3v) is 4.54. The summed E-state index contributed by atoms with van der Waals surface area (Å²) in [5.41, 5.74) is 3.39. The molecule has 0 bridgehead atoms. The molecule has 1 aliphatic rings. The van der Waals surface area contributed by atoms with Crippen LogP contribution in [0.3, 0.4) is 0 Å². The second-order valence-electron chi connectivity index (χ2n) is 6.10. The first kappa shape index (κ1) is 13.6. The van der Waals surface area contributed by atoms with Crippen LogP contribution in [0.5, 0.6) is 0 Å². The van der Waals surface area contributed by atoms with Crippen molar-refractivity contribution < 1.29 is 0 Å². The van der Waals surface area contributed by atoms with E-state index in [0.29, 0.717) is 11.5 Å². The van der Waals surface area contributed by atoms with Gasteiger partial charge in [-0.1, -0.05) is 51.0 Å². The summed E-state index contributed by atoms with van der Waals surface area (Å²) in [5, 5.41) is 3.81. The molecule has 100 valence electrons. The van der Waals surface area contributed by atoms with E-state index in [-0.39, 0.29) is 0 Å². The highest BCUT2D eigenvalue weighted by atomic mass is 14.9. The molecule has 1 heteroatoms. The van der Waals surface area contributed by atoms with Crippen molar-refractivity contribution in [3.8, 4) is 0 Å². The first-order valence-electron chi connectivity index (χ1n) is 7.46. The quantitative estimate of drug-likeness (QED) is 0.798. The SMILES string of the molecule is CCCNC(c1ccccc1C)C1(C)CCCC1. The molecular weight excluding hydrogens is 218 g/mol. The predicted octanol–water partition coefficient (Wildman–Crippen LogP) is 4.62. The Morgan fingerprint density at radius 1 is 1.22 bits per heavy atom. The van der Waals surface area contributed by atoms with Crippen LogP contribution in [0.1, 0.15) is 63.1 Å². The minimum absolute atomic E-state index is 0.446. The van der Waals surface area contributed by atoms with Gasteiger partial charge in [-0.15, -0.1) is 0 Å². The van der Waals surface area contributed by atoms with Crippen LogP contribution in [-0.4, -0.2) is 6.54 Å². The Balaban J connectivity index is 2.27. The summed E-state index contributed by atoms with van der Waals surface area (Å²) in [5.74, 6) is 0. The van der Waals surface area contributed by atoms with Gasteiger partial charge in [0.1, 0.15) is 0 Å². The van der Waals surface area contributed by atoms with Gasteiger partial charge < -0.3 is 5.32 Å². The van der Waals surface area contributed by atoms with Gasteiger partial charge >= 0.3 is 0 Å². The largest absolute Gasteiger partial charge is 0.309 e. The van der Waals surface area contributed by atoms with Crippen LogP contribution in [0.4, 0.5) is 0 Å². The van der Waals surface area contributed by atoms with Crippen molar-refractivity contribution in [2.24, 2.45) is 5.41 Å². The summed E-state index contributed by atoms with van der Waals surface area (Å²) < 4.78 is 0. The number of benzene rings is 1. The van der Waals surface area contributed by atoms with E-state index in [1.807, 2.05) is 0 Å². The lowest BCUT2D eigenvalue weighted by Gasteiger charge is -2.36. The summed E-state index contributed by atoms with van der Waals surface area (Å²) >= 11 is 0. The topological polar surface area (TPSA) is 12.0 Å². The Hall–Kier alpha value is -0.820. The molecule has 0 saturated heterocycles. The van der Waals surface area contributed by atoms with Crippen molar-refractivity contribution in [3.63, 3.8) is 0 Å². The van der Waals surface area contributed by atoms with E-state index in [1.54, 1.807) is 0 Å². The molecule has 18 heavy (non-hydrogen) atoms. The maximum atomic E-state index is 3.81. The maximum Gasteiger partial charge on any atom is 0.0377 e. The highest BCUT2D eigenvalue weighted by Crippen LogP contribution is 2.47. The van der Waals surface area contributed by atoms with Crippen molar-refractivity contribution in [3.05, 3.63) is 35.4 Å². The monoisotopic (exact) mass is 245 g/mol. The zero-order chi connectivity index (χ0) is 13.0. The molecule has 0 amide bonds. The summed E-state index contributed by atoms with van der Waals surface area (Å²) in [6, 6.07) is 9.41. The first-order valence-corrected chi connectivity index (χ1v) is 7.46. The lowest BCUT2D eigenvalue weighted by Crippen LogP contribution is -2.35. The van der Waals surface area contributed by atoms with Gasteiger partial charge in [-0.25, -0.2) is 0 Å². The smallest absolute Gasteiger partial charge is 0.0377 e. The normalized spacial score (nSPS) is 19.9. The molecule has 1 saturated carbocycles. The molecule has 1 aliphatic carbocycles. The highest BCUT2D eigenvalue weighted by molar-refractivity contribution is 5.30. The Bertz CT molecular complexity index is 377. The van der Waals surface area contributed by atoms with E-state index in [2.05, 4.69) is 50.4 Å². The zero-order valence-corrected chi connectivity index (χ0v) is 12.1. The van der Waals surface area contributed by atoms with Crippen LogP contribution in [0, 0.1) is 12.3 Å². The Morgan fingerprint density at radius 2 is 1.89 bits per heavy atom. The molecule has 0 aliphatic heterocycles. The number of hydrogen-bond acceptors (Lipinski definition) is 1. The molecule has 2 rings (SSSR count). The van der Waals surface area contributed by atoms with Crippen LogP contribution in [0.15, 0.2) is 24.3 Å². The fourth-order valence-corrected chi connectivity index (χ4v) is 3.40. The maximum absolute atomic E-state index is 3.81. The van der Waals surface area contributed by atoms with Gasteiger partial charge in [0, 0.05) is 6.04 Å². The van der Waals surface area contributed by atoms with E-state index in [0.717, 1.165) is 6.54 Å². The number of nitrogens with one attached hydrogen (secondary N) is 1. The molecule has 0 radical (unpaired) electrons. The third kappa shape index (κ3) is 2.77. The van der Waals surface area contributed by atoms with Crippen molar-refractivity contribution in [2.45, 2.75) is 58.9 Å². The Kier molecular flexibility index (Phi) is 4.45. The molecule has 0 aromatic heterocycles. The van der Waals surface area contributed by atoms with Crippen LogP contribution >= 0.6 is 0 Å². The second kappa shape index (κ2) is 5.88. The second-order valence-corrected chi connectivity index (χ2v) is 6.10. The Labute approximate surface area is 112 Å². The summed E-state index contributed by atoms with van der Waals surface area (Å²) in [6.45, 7) is 8.08. The minimum atomic E-state index is 0.446. The average Bonchev–Trinajstić information content (AvgIpc) is 2.80. The van der Waals surface area contributed by atoms with E-state index in [4.69, 9.17) is 0 Å². The summed E-state index contributed by atoms with van der Waals surface area (Å²) in [6.07, 6.45) is 6.73. The average molecular weight is 245 g/mol. The van der Waals surface area contributed by atoms with Crippen LogP contribution in [0.25, 0.3) is 0 Å². The molecule has 1 aromatic carbocycles. The molecule has 0 spiro atoms. The summed E-state index contributed by atoms with van der Waals surface area (Å²) in [4.78, 5) is 0. The van der Waals surface area contributed by atoms with Crippen LogP contribution in [0.2, 0.25) is 0 Å². The van der Waals surface area contributed by atoms with Gasteiger partial charge in [-0.2, -0.15) is 0 Å². The van der Waals surface area contributed by atoms with Crippen molar-refractivity contribution in [1.82, 2.24) is 5.32 Å². The van der Waals surface area contributed by atoms with E-state index >= 15 is 0 Å². The van der Waals surface area contributed by atoms with Crippen molar-refractivity contribution in [1.29, 1.82) is 0 Å². The summed E-state index contributed by atoms with van der Waals surface area (Å²) in [7, 11) is 0. The van der Waals surface area contributed by atoms with E-state index < -0.39 is 0 Å². The molecule has 1 aromatic rings. The van der Waals surface area contributed by atoms with Gasteiger partial charge in [0.05, 0.1) is 0 Å². The van der Waals surface area contributed by atoms with Gasteiger partial charge in [0.25, 0.3) is 0 Å². The van der Waals surface area contributed by atoms with Crippen LogP contribution < -0.4 is 5.32 Å². The van der Waals surface area contributed by atoms with Gasteiger partial charge in [0.15, 0.2) is 0 Å². The molecular formula is C17H27N. The molecule has 1 N–H and O–H groups in total. The molecule has 1 fully saturated rings. The molecule has 1 unspecified atom stereocenters. The van der Waals surface area contributed by atoms with Crippen molar-refractivity contribution in [2.75, 3.05) is 6.54 Å². The van der Waals surface area contributed by atoms with Crippen molar-refractivity contribution >= 4 is 0 Å². The number of rotatable bonds is 5. The lowest BCUT2D eigenvalue weighted by molar-refractivity contribution is 0.223. The number of aryl methyl sites for hydroxylation is 1. The lowest BCUT2D eigenvalue weighted by atomic mass is 9.76. The predicted molar refractivity (Wildman–Crippen MR) is 78.8 cm³/mol. The van der Waals surface area contributed by atoms with E-state index in [9.17, 15) is 0 Å². The fraction of sp³-hybridized carbons (Fsp3) is 0.647. The number of hydrogen-bond donors (Lipinski definition) is 1. The van der Waals surface area contributed by atoms with E-state index in [1.165, 1.54) is 43.2 Å². The fourth-order valence-electron chi connectivity index (χ4n) is 3.40. The first-order chi connectivity index (χ1) is 8.67. The van der Waals surface area contributed by atoms with Crippen LogP contribution in [-0.2, 0) is 0 Å². The molecule has 1 nitrogen and oxygen atoms in total.